The fourth-order valence-electron chi connectivity index (χ4n) is 4.39. The molecule has 1 amide bonds. The second kappa shape index (κ2) is 8.11. The molecule has 2 aromatic carbocycles. The molecule has 3 heterocycles. The second-order valence-electron chi connectivity index (χ2n) is 8.08. The van der Waals surface area contributed by atoms with Gasteiger partial charge in [0.2, 0.25) is 5.76 Å². The number of carbonyl (C=O) groups excluding carboxylic acids is 1. The van der Waals surface area contributed by atoms with Crippen LogP contribution in [0.3, 0.4) is 0 Å². The van der Waals surface area contributed by atoms with Gasteiger partial charge in [0, 0.05) is 31.2 Å². The molecule has 1 aromatic heterocycles. The average Bonchev–Trinajstić information content (AvgIpc) is 3.06. The Kier molecular flexibility index (Phi) is 5.30. The fraction of sp³-hybridized carbons (Fsp3) is 0.333. The van der Waals surface area contributed by atoms with Crippen LogP contribution in [0.15, 0.2) is 51.7 Å². The zero-order chi connectivity index (χ0) is 21.5. The Morgan fingerprint density at radius 2 is 1.77 bits per heavy atom. The predicted molar refractivity (Wildman–Crippen MR) is 119 cm³/mol. The van der Waals surface area contributed by atoms with Crippen LogP contribution in [0.5, 0.6) is 0 Å². The molecule has 0 N–H and O–H groups in total. The molecule has 0 bridgehead atoms. The number of hydrogen-bond acceptors (Lipinski definition) is 5. The van der Waals surface area contributed by atoms with Crippen LogP contribution in [0.1, 0.15) is 33.3 Å². The highest BCUT2D eigenvalue weighted by Crippen LogP contribution is 2.38. The maximum Gasteiger partial charge on any atom is 0.290 e. The van der Waals surface area contributed by atoms with E-state index in [1.807, 2.05) is 31.2 Å². The first-order chi connectivity index (χ1) is 15.0. The Morgan fingerprint density at radius 3 is 2.52 bits per heavy atom. The Hall–Kier alpha value is -2.67. The minimum atomic E-state index is -0.483. The molecular weight excluding hydrogens is 416 g/mol. The molecule has 0 aliphatic carbocycles. The standard InChI is InChI=1S/C24H23ClN2O4/c1-15-2-4-16(5-3-15)21-20-22(28)18-14-17(25)6-7-19(18)31-23(20)24(29)27(21)9-8-26-10-12-30-13-11-26/h2-7,14,21H,8-13H2,1H3/t21-/m0/s1. The van der Waals surface area contributed by atoms with Gasteiger partial charge in [-0.05, 0) is 30.7 Å². The number of benzene rings is 2. The van der Waals surface area contributed by atoms with Gasteiger partial charge >= 0.3 is 0 Å². The van der Waals surface area contributed by atoms with E-state index < -0.39 is 6.04 Å². The topological polar surface area (TPSA) is 63.0 Å². The van der Waals surface area contributed by atoms with Crippen LogP contribution in [-0.4, -0.2) is 55.1 Å². The maximum atomic E-state index is 13.5. The highest BCUT2D eigenvalue weighted by atomic mass is 35.5. The summed E-state index contributed by atoms with van der Waals surface area (Å²) in [4.78, 5) is 30.9. The van der Waals surface area contributed by atoms with Gasteiger partial charge in [-0.2, -0.15) is 0 Å². The number of morpholine rings is 1. The largest absolute Gasteiger partial charge is 0.450 e. The molecule has 5 rings (SSSR count). The first kappa shape index (κ1) is 20.2. The maximum absolute atomic E-state index is 13.5. The Morgan fingerprint density at radius 1 is 1.03 bits per heavy atom. The van der Waals surface area contributed by atoms with E-state index in [4.69, 9.17) is 20.8 Å². The molecule has 0 saturated carbocycles. The van der Waals surface area contributed by atoms with Crippen molar-refractivity contribution in [2.75, 3.05) is 39.4 Å². The summed E-state index contributed by atoms with van der Waals surface area (Å²) in [7, 11) is 0. The molecule has 0 radical (unpaired) electrons. The summed E-state index contributed by atoms with van der Waals surface area (Å²) in [6.45, 7) is 6.29. The number of ether oxygens (including phenoxy) is 1. The number of carbonyl (C=O) groups is 1. The highest BCUT2D eigenvalue weighted by Gasteiger charge is 2.42. The monoisotopic (exact) mass is 438 g/mol. The van der Waals surface area contributed by atoms with E-state index in [1.54, 1.807) is 23.1 Å². The third-order valence-electron chi connectivity index (χ3n) is 6.08. The van der Waals surface area contributed by atoms with Gasteiger partial charge in [0.1, 0.15) is 5.58 Å². The van der Waals surface area contributed by atoms with Crippen LogP contribution in [-0.2, 0) is 4.74 Å². The molecule has 1 fully saturated rings. The zero-order valence-corrected chi connectivity index (χ0v) is 18.0. The minimum Gasteiger partial charge on any atom is -0.450 e. The lowest BCUT2D eigenvalue weighted by Gasteiger charge is -2.31. The molecule has 3 aromatic rings. The van der Waals surface area contributed by atoms with Crippen molar-refractivity contribution in [3.05, 3.63) is 80.2 Å². The van der Waals surface area contributed by atoms with Crippen LogP contribution in [0, 0.1) is 6.92 Å². The van der Waals surface area contributed by atoms with Crippen molar-refractivity contribution in [2.45, 2.75) is 13.0 Å². The lowest BCUT2D eigenvalue weighted by atomic mass is 9.97. The van der Waals surface area contributed by atoms with E-state index >= 15 is 0 Å². The summed E-state index contributed by atoms with van der Waals surface area (Å²) in [5.41, 5.74) is 2.58. The highest BCUT2D eigenvalue weighted by molar-refractivity contribution is 6.31. The van der Waals surface area contributed by atoms with Gasteiger partial charge in [0.15, 0.2) is 5.43 Å². The first-order valence-corrected chi connectivity index (χ1v) is 10.8. The Balaban J connectivity index is 1.60. The van der Waals surface area contributed by atoms with Gasteiger partial charge in [-0.1, -0.05) is 41.4 Å². The second-order valence-corrected chi connectivity index (χ2v) is 8.52. The van der Waals surface area contributed by atoms with Crippen LogP contribution >= 0.6 is 11.6 Å². The lowest BCUT2D eigenvalue weighted by molar-refractivity contribution is 0.0314. The molecule has 1 atom stereocenters. The number of amides is 1. The number of halogens is 1. The van der Waals surface area contributed by atoms with Crippen LogP contribution < -0.4 is 5.43 Å². The number of rotatable bonds is 4. The van der Waals surface area contributed by atoms with Crippen molar-refractivity contribution in [2.24, 2.45) is 0 Å². The van der Waals surface area contributed by atoms with Crippen LogP contribution in [0.4, 0.5) is 0 Å². The van der Waals surface area contributed by atoms with Gasteiger partial charge in [-0.25, -0.2) is 0 Å². The van der Waals surface area contributed by atoms with E-state index in [1.165, 1.54) is 0 Å². The van der Waals surface area contributed by atoms with Crippen molar-refractivity contribution in [1.29, 1.82) is 0 Å². The van der Waals surface area contributed by atoms with Gasteiger partial charge in [0.05, 0.1) is 30.2 Å². The summed E-state index contributed by atoms with van der Waals surface area (Å²) >= 11 is 6.13. The molecule has 31 heavy (non-hydrogen) atoms. The summed E-state index contributed by atoms with van der Waals surface area (Å²) in [5.74, 6) is -0.116. The molecule has 1 saturated heterocycles. The average molecular weight is 439 g/mol. The minimum absolute atomic E-state index is 0.132. The first-order valence-electron chi connectivity index (χ1n) is 10.5. The van der Waals surface area contributed by atoms with Gasteiger partial charge < -0.3 is 14.1 Å². The molecule has 7 heteroatoms. The van der Waals surface area contributed by atoms with E-state index in [-0.39, 0.29) is 17.1 Å². The third-order valence-corrected chi connectivity index (χ3v) is 6.32. The quantitative estimate of drug-likeness (QED) is 0.622. The predicted octanol–water partition coefficient (Wildman–Crippen LogP) is 3.63. The van der Waals surface area contributed by atoms with Crippen molar-refractivity contribution < 1.29 is 13.9 Å². The van der Waals surface area contributed by atoms with E-state index in [9.17, 15) is 9.59 Å². The molecule has 0 unspecified atom stereocenters. The van der Waals surface area contributed by atoms with E-state index in [0.717, 1.165) is 24.2 Å². The Labute approximate surface area is 185 Å². The molecule has 160 valence electrons. The number of hydrogen-bond donors (Lipinski definition) is 0. The molecule has 2 aliphatic heterocycles. The number of nitrogens with zero attached hydrogens (tertiary/aromatic N) is 2. The molecule has 2 aliphatic rings. The van der Waals surface area contributed by atoms with Crippen molar-refractivity contribution >= 4 is 28.5 Å². The fourth-order valence-corrected chi connectivity index (χ4v) is 4.56. The third kappa shape index (κ3) is 3.65. The van der Waals surface area contributed by atoms with Gasteiger partial charge in [0.25, 0.3) is 5.91 Å². The van der Waals surface area contributed by atoms with E-state index in [2.05, 4.69) is 4.90 Å². The van der Waals surface area contributed by atoms with Crippen molar-refractivity contribution in [3.8, 4) is 0 Å². The van der Waals surface area contributed by atoms with Crippen molar-refractivity contribution in [1.82, 2.24) is 9.80 Å². The van der Waals surface area contributed by atoms with Gasteiger partial charge in [-0.3, -0.25) is 14.5 Å². The smallest absolute Gasteiger partial charge is 0.290 e. The number of fused-ring (bicyclic) bond motifs is 2. The van der Waals surface area contributed by atoms with Crippen molar-refractivity contribution in [3.63, 3.8) is 0 Å². The zero-order valence-electron chi connectivity index (χ0n) is 17.3. The molecular formula is C24H23ClN2O4. The summed E-state index contributed by atoms with van der Waals surface area (Å²) in [6.07, 6.45) is 0. The van der Waals surface area contributed by atoms with E-state index in [0.29, 0.717) is 47.9 Å². The van der Waals surface area contributed by atoms with Gasteiger partial charge in [-0.15, -0.1) is 0 Å². The number of aryl methyl sites for hydroxylation is 1. The lowest BCUT2D eigenvalue weighted by Crippen LogP contribution is -2.42. The normalized spacial score (nSPS) is 19.2. The summed E-state index contributed by atoms with van der Waals surface area (Å²) in [6, 6.07) is 12.4. The van der Waals surface area contributed by atoms with Crippen LogP contribution in [0.2, 0.25) is 5.02 Å². The SMILES string of the molecule is Cc1ccc([C@H]2c3c(oc4ccc(Cl)cc4c3=O)C(=O)N2CCN2CCOCC2)cc1. The molecule has 6 nitrogen and oxygen atoms in total. The molecule has 0 spiro atoms. The summed E-state index contributed by atoms with van der Waals surface area (Å²) in [5, 5.41) is 0.853. The summed E-state index contributed by atoms with van der Waals surface area (Å²) < 4.78 is 11.4. The Bertz CT molecular complexity index is 1200. The van der Waals surface area contributed by atoms with Crippen LogP contribution in [0.25, 0.3) is 11.0 Å².